The third kappa shape index (κ3) is 2.67. The predicted molar refractivity (Wildman–Crippen MR) is 96.5 cm³/mol. The number of halogens is 2. The van der Waals surface area contributed by atoms with Gasteiger partial charge in [-0.05, 0) is 52.2 Å². The number of hydrogen-bond acceptors (Lipinski definition) is 3. The van der Waals surface area contributed by atoms with E-state index in [1.165, 1.54) is 5.56 Å². The summed E-state index contributed by atoms with van der Waals surface area (Å²) in [6, 6.07) is 10.3. The lowest BCUT2D eigenvalue weighted by Crippen LogP contribution is -1.97. The molecule has 3 rings (SSSR count). The molecule has 0 saturated heterocycles. The van der Waals surface area contributed by atoms with Gasteiger partial charge in [0.25, 0.3) is 0 Å². The minimum absolute atomic E-state index is 0.675. The molecular weight excluding hydrogens is 414 g/mol. The Morgan fingerprint density at radius 3 is 2.43 bits per heavy atom. The standard InChI is InChI=1S/C15H13Br2N3S/c1-8-7-11(21-14(8)17)13-12(15(18)20(2)19-13)9-3-5-10(16)6-4-9/h3-7H,18H2,1-2H3. The van der Waals surface area contributed by atoms with Crippen LogP contribution in [0, 0.1) is 6.92 Å². The molecule has 0 atom stereocenters. The topological polar surface area (TPSA) is 43.8 Å². The van der Waals surface area contributed by atoms with E-state index in [4.69, 9.17) is 5.73 Å². The van der Waals surface area contributed by atoms with E-state index >= 15 is 0 Å². The van der Waals surface area contributed by atoms with Crippen molar-refractivity contribution < 1.29 is 0 Å². The molecule has 2 aromatic heterocycles. The molecule has 2 N–H and O–H groups in total. The number of hydrogen-bond donors (Lipinski definition) is 1. The maximum atomic E-state index is 6.24. The predicted octanol–water partition coefficient (Wildman–Crippen LogP) is 5.23. The summed E-state index contributed by atoms with van der Waals surface area (Å²) < 4.78 is 3.91. The monoisotopic (exact) mass is 425 g/mol. The largest absolute Gasteiger partial charge is 0.383 e. The minimum atomic E-state index is 0.675. The number of nitrogen functional groups attached to an aromatic ring is 1. The van der Waals surface area contributed by atoms with Crippen molar-refractivity contribution in [2.45, 2.75) is 6.92 Å². The molecule has 0 saturated carbocycles. The van der Waals surface area contributed by atoms with Gasteiger partial charge in [-0.15, -0.1) is 11.3 Å². The van der Waals surface area contributed by atoms with E-state index in [-0.39, 0.29) is 0 Å². The number of aromatic nitrogens is 2. The van der Waals surface area contributed by atoms with Gasteiger partial charge in [-0.1, -0.05) is 28.1 Å². The Labute approximate surface area is 144 Å². The SMILES string of the molecule is Cc1cc(-c2nn(C)c(N)c2-c2ccc(Br)cc2)sc1Br. The second-order valence-corrected chi connectivity index (χ2v) is 8.09. The molecule has 21 heavy (non-hydrogen) atoms. The number of nitrogens with zero attached hydrogens (tertiary/aromatic N) is 2. The van der Waals surface area contributed by atoms with E-state index in [1.807, 2.05) is 19.2 Å². The zero-order valence-corrected chi connectivity index (χ0v) is 15.5. The van der Waals surface area contributed by atoms with Gasteiger partial charge in [0.2, 0.25) is 0 Å². The van der Waals surface area contributed by atoms with Crippen LogP contribution in [0.2, 0.25) is 0 Å². The van der Waals surface area contributed by atoms with E-state index in [2.05, 4.69) is 62.1 Å². The van der Waals surface area contributed by atoms with Gasteiger partial charge in [-0.2, -0.15) is 5.10 Å². The minimum Gasteiger partial charge on any atom is -0.383 e. The Balaban J connectivity index is 2.22. The van der Waals surface area contributed by atoms with Crippen LogP contribution in [0.15, 0.2) is 38.6 Å². The van der Waals surface area contributed by atoms with Crippen molar-refractivity contribution in [1.82, 2.24) is 9.78 Å². The maximum absolute atomic E-state index is 6.24. The number of benzene rings is 1. The van der Waals surface area contributed by atoms with Crippen LogP contribution in [-0.2, 0) is 7.05 Å². The third-order valence-electron chi connectivity index (χ3n) is 3.32. The molecule has 0 spiro atoms. The lowest BCUT2D eigenvalue weighted by atomic mass is 10.0. The fourth-order valence-corrected chi connectivity index (χ4v) is 3.98. The third-order valence-corrected chi connectivity index (χ3v) is 5.99. The van der Waals surface area contributed by atoms with Gasteiger partial charge in [0.1, 0.15) is 11.5 Å². The van der Waals surface area contributed by atoms with Crippen LogP contribution in [0.4, 0.5) is 5.82 Å². The normalized spacial score (nSPS) is 11.0. The Morgan fingerprint density at radius 1 is 1.19 bits per heavy atom. The first-order valence-electron chi connectivity index (χ1n) is 6.32. The quantitative estimate of drug-likeness (QED) is 0.609. The molecule has 0 aliphatic heterocycles. The van der Waals surface area contributed by atoms with Crippen molar-refractivity contribution in [3.05, 3.63) is 44.2 Å². The van der Waals surface area contributed by atoms with Crippen molar-refractivity contribution in [2.75, 3.05) is 5.73 Å². The number of nitrogens with two attached hydrogens (primary N) is 1. The smallest absolute Gasteiger partial charge is 0.129 e. The first-order chi connectivity index (χ1) is 9.97. The lowest BCUT2D eigenvalue weighted by Gasteiger charge is -2.03. The van der Waals surface area contributed by atoms with Gasteiger partial charge >= 0.3 is 0 Å². The second-order valence-electron chi connectivity index (χ2n) is 4.81. The fourth-order valence-electron chi connectivity index (χ4n) is 2.19. The molecule has 0 unspecified atom stereocenters. The average Bonchev–Trinajstić information content (AvgIpc) is 2.93. The molecule has 0 fully saturated rings. The average molecular weight is 427 g/mol. The van der Waals surface area contributed by atoms with Crippen molar-refractivity contribution in [2.24, 2.45) is 7.05 Å². The highest BCUT2D eigenvalue weighted by Crippen LogP contribution is 2.41. The molecular formula is C15H13Br2N3S. The first-order valence-corrected chi connectivity index (χ1v) is 8.72. The van der Waals surface area contributed by atoms with E-state index in [0.717, 1.165) is 30.0 Å². The molecule has 0 amide bonds. The van der Waals surface area contributed by atoms with Crippen molar-refractivity contribution in [3.8, 4) is 21.7 Å². The van der Waals surface area contributed by atoms with Crippen LogP contribution in [0.5, 0.6) is 0 Å². The Hall–Kier alpha value is -1.11. The maximum Gasteiger partial charge on any atom is 0.129 e. The molecule has 3 nitrogen and oxygen atoms in total. The van der Waals surface area contributed by atoms with Crippen molar-refractivity contribution in [1.29, 1.82) is 0 Å². The fraction of sp³-hybridized carbons (Fsp3) is 0.133. The number of anilines is 1. The highest BCUT2D eigenvalue weighted by atomic mass is 79.9. The summed E-state index contributed by atoms with van der Waals surface area (Å²) in [5, 5.41) is 4.60. The zero-order valence-electron chi connectivity index (χ0n) is 11.5. The van der Waals surface area contributed by atoms with Crippen LogP contribution < -0.4 is 5.73 Å². The van der Waals surface area contributed by atoms with E-state index < -0.39 is 0 Å². The molecule has 2 heterocycles. The Bertz CT molecular complexity index is 784. The Kier molecular flexibility index (Phi) is 3.94. The first kappa shape index (κ1) is 14.8. The molecule has 3 aromatic rings. The molecule has 0 aliphatic rings. The van der Waals surface area contributed by atoms with Gasteiger partial charge < -0.3 is 5.73 Å². The highest BCUT2D eigenvalue weighted by Gasteiger charge is 2.19. The highest BCUT2D eigenvalue weighted by molar-refractivity contribution is 9.11. The number of thiophene rings is 1. The van der Waals surface area contributed by atoms with E-state index in [0.29, 0.717) is 5.82 Å². The zero-order chi connectivity index (χ0) is 15.1. The van der Waals surface area contributed by atoms with Crippen molar-refractivity contribution in [3.63, 3.8) is 0 Å². The van der Waals surface area contributed by atoms with E-state index in [1.54, 1.807) is 16.0 Å². The van der Waals surface area contributed by atoms with Gasteiger partial charge in [-0.3, -0.25) is 4.68 Å². The summed E-state index contributed by atoms with van der Waals surface area (Å²) in [6.45, 7) is 2.08. The molecule has 0 aliphatic carbocycles. The molecule has 0 radical (unpaired) electrons. The summed E-state index contributed by atoms with van der Waals surface area (Å²) in [7, 11) is 1.87. The van der Waals surface area contributed by atoms with Crippen LogP contribution in [0.25, 0.3) is 21.7 Å². The second kappa shape index (κ2) is 5.59. The van der Waals surface area contributed by atoms with Crippen LogP contribution in [0.3, 0.4) is 0 Å². The van der Waals surface area contributed by atoms with Crippen LogP contribution in [0.1, 0.15) is 5.56 Å². The molecule has 108 valence electrons. The number of rotatable bonds is 2. The lowest BCUT2D eigenvalue weighted by molar-refractivity contribution is 0.783. The Morgan fingerprint density at radius 2 is 1.86 bits per heavy atom. The summed E-state index contributed by atoms with van der Waals surface area (Å²) in [6.07, 6.45) is 0. The van der Waals surface area contributed by atoms with Gasteiger partial charge in [-0.25, -0.2) is 0 Å². The summed E-state index contributed by atoms with van der Waals surface area (Å²) in [5.74, 6) is 0.675. The van der Waals surface area contributed by atoms with Crippen molar-refractivity contribution >= 4 is 49.0 Å². The van der Waals surface area contributed by atoms with E-state index in [9.17, 15) is 0 Å². The van der Waals surface area contributed by atoms with Gasteiger partial charge in [0.05, 0.1) is 14.2 Å². The van der Waals surface area contributed by atoms with Crippen LogP contribution >= 0.6 is 43.2 Å². The van der Waals surface area contributed by atoms with Gasteiger partial charge in [0.15, 0.2) is 0 Å². The summed E-state index contributed by atoms with van der Waals surface area (Å²) >= 11 is 8.71. The van der Waals surface area contributed by atoms with Crippen LogP contribution in [-0.4, -0.2) is 9.78 Å². The molecule has 1 aromatic carbocycles. The summed E-state index contributed by atoms with van der Waals surface area (Å²) in [4.78, 5) is 1.12. The molecule has 6 heteroatoms. The summed E-state index contributed by atoms with van der Waals surface area (Å²) in [5.41, 5.74) is 10.4. The molecule has 0 bridgehead atoms. The van der Waals surface area contributed by atoms with Gasteiger partial charge in [0, 0.05) is 11.5 Å². The number of aryl methyl sites for hydroxylation is 2.